The van der Waals surface area contributed by atoms with Crippen molar-refractivity contribution in [3.8, 4) is 0 Å². The molecule has 0 saturated heterocycles. The minimum absolute atomic E-state index is 0.375. The highest BCUT2D eigenvalue weighted by molar-refractivity contribution is 6.34. The van der Waals surface area contributed by atoms with Gasteiger partial charge in [0.2, 0.25) is 5.78 Å². The largest absolute Gasteiger partial charge is 0.408 e. The van der Waals surface area contributed by atoms with E-state index in [2.05, 4.69) is 4.89 Å². The molecule has 1 atom stereocenters. The summed E-state index contributed by atoms with van der Waals surface area (Å²) in [6.07, 6.45) is 0.563. The van der Waals surface area contributed by atoms with Crippen molar-refractivity contribution in [3.05, 3.63) is 0 Å². The molecule has 0 saturated carbocycles. The fourth-order valence-electron chi connectivity index (χ4n) is 0.432. The minimum atomic E-state index is -1.19. The van der Waals surface area contributed by atoms with Crippen LogP contribution in [0.1, 0.15) is 20.3 Å². The van der Waals surface area contributed by atoms with Crippen molar-refractivity contribution < 1.29 is 19.7 Å². The minimum Gasteiger partial charge on any atom is -0.292 e. The second-order valence-corrected chi connectivity index (χ2v) is 2.05. The molecule has 58 valence electrons. The van der Waals surface area contributed by atoms with Gasteiger partial charge >= 0.3 is 5.97 Å². The maximum Gasteiger partial charge on any atom is 0.408 e. The lowest BCUT2D eigenvalue weighted by molar-refractivity contribution is -0.232. The molecule has 0 aliphatic rings. The zero-order valence-electron chi connectivity index (χ0n) is 5.96. The Balaban J connectivity index is 3.95. The molecule has 0 heterocycles. The van der Waals surface area contributed by atoms with Gasteiger partial charge in [-0.15, -0.1) is 0 Å². The first-order valence-corrected chi connectivity index (χ1v) is 3.03. The Morgan fingerprint density at radius 1 is 1.60 bits per heavy atom. The maximum absolute atomic E-state index is 10.7. The van der Waals surface area contributed by atoms with Crippen molar-refractivity contribution in [2.24, 2.45) is 5.92 Å². The first-order chi connectivity index (χ1) is 4.63. The van der Waals surface area contributed by atoms with Gasteiger partial charge in [0, 0.05) is 5.92 Å². The molecule has 0 fully saturated rings. The van der Waals surface area contributed by atoms with Crippen LogP contribution in [-0.2, 0) is 14.5 Å². The SMILES string of the molecule is CCC(C)C(=O)C(=O)OO. The molecule has 0 radical (unpaired) electrons. The molecular formula is C6H10O4. The molecule has 1 unspecified atom stereocenters. The number of Topliss-reactive ketones (excluding diaryl/α,β-unsaturated/α-hetero) is 1. The topological polar surface area (TPSA) is 63.6 Å². The Hall–Kier alpha value is -0.900. The van der Waals surface area contributed by atoms with E-state index >= 15 is 0 Å². The van der Waals surface area contributed by atoms with Gasteiger partial charge in [-0.3, -0.25) is 9.68 Å². The van der Waals surface area contributed by atoms with Crippen LogP contribution in [0.25, 0.3) is 0 Å². The molecule has 0 amide bonds. The van der Waals surface area contributed by atoms with E-state index in [1.165, 1.54) is 0 Å². The van der Waals surface area contributed by atoms with E-state index in [1.54, 1.807) is 13.8 Å². The first-order valence-electron chi connectivity index (χ1n) is 3.03. The number of rotatable bonds is 3. The molecule has 10 heavy (non-hydrogen) atoms. The number of carbonyl (C=O) groups excluding carboxylic acids is 2. The van der Waals surface area contributed by atoms with Crippen LogP contribution in [0.15, 0.2) is 0 Å². The summed E-state index contributed by atoms with van der Waals surface area (Å²) in [6.45, 7) is 3.37. The Bertz CT molecular complexity index is 141. The summed E-state index contributed by atoms with van der Waals surface area (Å²) in [5.74, 6) is -2.25. The molecule has 0 aliphatic carbocycles. The zero-order chi connectivity index (χ0) is 8.15. The van der Waals surface area contributed by atoms with Crippen LogP contribution < -0.4 is 0 Å². The molecular weight excluding hydrogens is 136 g/mol. The lowest BCUT2D eigenvalue weighted by Gasteiger charge is -2.01. The fraction of sp³-hybridized carbons (Fsp3) is 0.667. The summed E-state index contributed by atoms with van der Waals surface area (Å²) in [7, 11) is 0. The van der Waals surface area contributed by atoms with Gasteiger partial charge in [-0.05, 0) is 6.42 Å². The highest BCUT2D eigenvalue weighted by atomic mass is 17.1. The third kappa shape index (κ3) is 2.14. The number of carbonyl (C=O) groups is 2. The van der Waals surface area contributed by atoms with Gasteiger partial charge < -0.3 is 0 Å². The molecule has 0 aliphatic heterocycles. The van der Waals surface area contributed by atoms with Crippen LogP contribution in [0.2, 0.25) is 0 Å². The molecule has 0 aromatic rings. The van der Waals surface area contributed by atoms with Gasteiger partial charge in [-0.25, -0.2) is 4.79 Å². The second-order valence-electron chi connectivity index (χ2n) is 2.05. The van der Waals surface area contributed by atoms with E-state index in [9.17, 15) is 9.59 Å². The van der Waals surface area contributed by atoms with Crippen molar-refractivity contribution in [2.45, 2.75) is 20.3 Å². The zero-order valence-corrected chi connectivity index (χ0v) is 5.96. The van der Waals surface area contributed by atoms with Crippen LogP contribution in [0, 0.1) is 5.92 Å². The molecule has 0 spiro atoms. The lowest BCUT2D eigenvalue weighted by atomic mass is 10.0. The highest BCUT2D eigenvalue weighted by Gasteiger charge is 2.20. The Morgan fingerprint density at radius 3 is 2.40 bits per heavy atom. The monoisotopic (exact) mass is 146 g/mol. The van der Waals surface area contributed by atoms with Crippen molar-refractivity contribution >= 4 is 11.8 Å². The molecule has 0 bridgehead atoms. The fourth-order valence-corrected chi connectivity index (χ4v) is 0.432. The van der Waals surface area contributed by atoms with E-state index in [4.69, 9.17) is 5.26 Å². The van der Waals surface area contributed by atoms with Crippen LogP contribution in [0.3, 0.4) is 0 Å². The van der Waals surface area contributed by atoms with Crippen LogP contribution in [-0.4, -0.2) is 17.0 Å². The van der Waals surface area contributed by atoms with E-state index in [0.29, 0.717) is 6.42 Å². The summed E-state index contributed by atoms with van der Waals surface area (Å²) < 4.78 is 0. The third-order valence-electron chi connectivity index (χ3n) is 1.34. The quantitative estimate of drug-likeness (QED) is 0.360. The van der Waals surface area contributed by atoms with Crippen LogP contribution >= 0.6 is 0 Å². The average molecular weight is 146 g/mol. The van der Waals surface area contributed by atoms with Gasteiger partial charge in [-0.1, -0.05) is 13.8 Å². The average Bonchev–Trinajstić information content (AvgIpc) is 2.00. The smallest absolute Gasteiger partial charge is 0.292 e. The number of hydrogen-bond donors (Lipinski definition) is 1. The molecule has 0 aromatic heterocycles. The highest BCUT2D eigenvalue weighted by Crippen LogP contribution is 2.02. The van der Waals surface area contributed by atoms with E-state index in [-0.39, 0.29) is 5.92 Å². The van der Waals surface area contributed by atoms with Gasteiger partial charge in [0.15, 0.2) is 0 Å². The van der Waals surface area contributed by atoms with Gasteiger partial charge in [-0.2, -0.15) is 5.26 Å². The predicted octanol–water partition coefficient (Wildman–Crippen LogP) is 0.618. The third-order valence-corrected chi connectivity index (χ3v) is 1.34. The van der Waals surface area contributed by atoms with Crippen molar-refractivity contribution in [1.82, 2.24) is 0 Å². The van der Waals surface area contributed by atoms with Gasteiger partial charge in [0.25, 0.3) is 0 Å². The first kappa shape index (κ1) is 9.10. The summed E-state index contributed by atoms with van der Waals surface area (Å²) in [5, 5.41) is 7.78. The summed E-state index contributed by atoms with van der Waals surface area (Å²) >= 11 is 0. The molecule has 0 rings (SSSR count). The number of ketones is 1. The Kier molecular flexibility index (Phi) is 3.64. The molecule has 0 aromatic carbocycles. The van der Waals surface area contributed by atoms with Gasteiger partial charge in [0.05, 0.1) is 0 Å². The van der Waals surface area contributed by atoms with E-state index < -0.39 is 11.8 Å². The van der Waals surface area contributed by atoms with Crippen molar-refractivity contribution in [2.75, 3.05) is 0 Å². The summed E-state index contributed by atoms with van der Waals surface area (Å²) in [6, 6.07) is 0. The Labute approximate surface area is 58.7 Å². The van der Waals surface area contributed by atoms with Gasteiger partial charge in [0.1, 0.15) is 0 Å². The predicted molar refractivity (Wildman–Crippen MR) is 33.2 cm³/mol. The van der Waals surface area contributed by atoms with E-state index in [1.807, 2.05) is 0 Å². The van der Waals surface area contributed by atoms with Crippen molar-refractivity contribution in [1.29, 1.82) is 0 Å². The summed E-state index contributed by atoms with van der Waals surface area (Å²) in [4.78, 5) is 24.2. The molecule has 4 nitrogen and oxygen atoms in total. The molecule has 1 N–H and O–H groups in total. The normalized spacial score (nSPS) is 12.3. The lowest BCUT2D eigenvalue weighted by Crippen LogP contribution is -2.22. The Morgan fingerprint density at radius 2 is 2.10 bits per heavy atom. The maximum atomic E-state index is 10.7. The number of hydrogen-bond acceptors (Lipinski definition) is 4. The molecule has 4 heteroatoms. The van der Waals surface area contributed by atoms with Crippen LogP contribution in [0.5, 0.6) is 0 Å². The second kappa shape index (κ2) is 4.00. The van der Waals surface area contributed by atoms with Crippen molar-refractivity contribution in [3.63, 3.8) is 0 Å². The standard InChI is InChI=1S/C6H10O4/c1-3-4(2)5(7)6(8)10-9/h4,9H,3H2,1-2H3. The summed E-state index contributed by atoms with van der Waals surface area (Å²) in [5.41, 5.74) is 0. The van der Waals surface area contributed by atoms with E-state index in [0.717, 1.165) is 0 Å². The van der Waals surface area contributed by atoms with Crippen LogP contribution in [0.4, 0.5) is 0 Å².